The Morgan fingerprint density at radius 1 is 1.60 bits per heavy atom. The fourth-order valence-corrected chi connectivity index (χ4v) is 3.34. The molecule has 2 saturated heterocycles. The number of hydrogen-bond acceptors (Lipinski definition) is 3. The van der Waals surface area contributed by atoms with Crippen molar-refractivity contribution in [2.45, 2.75) is 31.5 Å². The van der Waals surface area contributed by atoms with E-state index in [0.29, 0.717) is 18.5 Å². The van der Waals surface area contributed by atoms with Crippen molar-refractivity contribution < 1.29 is 4.79 Å². The van der Waals surface area contributed by atoms with Gasteiger partial charge in [-0.2, -0.15) is 0 Å². The summed E-state index contributed by atoms with van der Waals surface area (Å²) in [6, 6.07) is 5.12. The third-order valence-corrected chi connectivity index (χ3v) is 4.20. The van der Waals surface area contributed by atoms with Crippen molar-refractivity contribution in [3.8, 4) is 0 Å². The van der Waals surface area contributed by atoms with Crippen molar-refractivity contribution in [2.24, 2.45) is 0 Å². The Labute approximate surface area is 93.1 Å². The van der Waals surface area contributed by atoms with Crippen LogP contribution in [-0.2, 0) is 11.3 Å². The van der Waals surface area contributed by atoms with E-state index in [1.807, 2.05) is 0 Å². The molecule has 0 spiro atoms. The lowest BCUT2D eigenvalue weighted by molar-refractivity contribution is -0.119. The van der Waals surface area contributed by atoms with E-state index in [1.165, 1.54) is 4.88 Å². The van der Waals surface area contributed by atoms with Crippen molar-refractivity contribution in [1.82, 2.24) is 10.2 Å². The lowest BCUT2D eigenvalue weighted by Gasteiger charge is -2.21. The Bertz CT molecular complexity index is 363. The minimum absolute atomic E-state index is 0.223. The molecule has 80 valence electrons. The van der Waals surface area contributed by atoms with Crippen LogP contribution in [0.2, 0.25) is 0 Å². The van der Waals surface area contributed by atoms with Gasteiger partial charge in [-0.05, 0) is 17.9 Å². The summed E-state index contributed by atoms with van der Waals surface area (Å²) in [6.45, 7) is 2.13. The summed E-state index contributed by atoms with van der Waals surface area (Å²) in [5.41, 5.74) is 0. The molecule has 15 heavy (non-hydrogen) atoms. The maximum Gasteiger partial charge on any atom is 0.221 e. The van der Waals surface area contributed by atoms with Gasteiger partial charge in [-0.3, -0.25) is 9.69 Å². The highest BCUT2D eigenvalue weighted by atomic mass is 32.1. The van der Waals surface area contributed by atoms with Gasteiger partial charge in [0.2, 0.25) is 5.91 Å². The zero-order valence-corrected chi connectivity index (χ0v) is 9.30. The smallest absolute Gasteiger partial charge is 0.221 e. The highest BCUT2D eigenvalue weighted by Gasteiger charge is 2.40. The van der Waals surface area contributed by atoms with Gasteiger partial charge in [0, 0.05) is 36.5 Å². The predicted molar refractivity (Wildman–Crippen MR) is 59.7 cm³/mol. The van der Waals surface area contributed by atoms with Gasteiger partial charge in [0.25, 0.3) is 0 Å². The van der Waals surface area contributed by atoms with Crippen molar-refractivity contribution in [2.75, 3.05) is 6.54 Å². The normalized spacial score (nSPS) is 30.5. The van der Waals surface area contributed by atoms with Gasteiger partial charge in [-0.25, -0.2) is 0 Å². The highest BCUT2D eigenvalue weighted by Crippen LogP contribution is 2.27. The first-order valence-corrected chi connectivity index (χ1v) is 6.27. The molecular formula is C11H14N2OS. The summed E-state index contributed by atoms with van der Waals surface area (Å²) in [4.78, 5) is 15.1. The second-order valence-corrected chi connectivity index (χ2v) is 5.32. The molecule has 0 saturated carbocycles. The molecule has 0 bridgehead atoms. The lowest BCUT2D eigenvalue weighted by Crippen LogP contribution is -2.33. The molecule has 2 aliphatic heterocycles. The van der Waals surface area contributed by atoms with Crippen LogP contribution in [0.3, 0.4) is 0 Å². The van der Waals surface area contributed by atoms with Crippen LogP contribution in [0.4, 0.5) is 0 Å². The van der Waals surface area contributed by atoms with Crippen molar-refractivity contribution >= 4 is 17.2 Å². The van der Waals surface area contributed by atoms with E-state index in [-0.39, 0.29) is 5.91 Å². The van der Waals surface area contributed by atoms with Crippen LogP contribution in [0.25, 0.3) is 0 Å². The quantitative estimate of drug-likeness (QED) is 0.816. The molecule has 4 heteroatoms. The summed E-state index contributed by atoms with van der Waals surface area (Å²) in [6.07, 6.45) is 1.80. The molecule has 2 aliphatic rings. The number of fused-ring (bicyclic) bond motifs is 1. The van der Waals surface area contributed by atoms with Gasteiger partial charge in [-0.1, -0.05) is 6.07 Å². The lowest BCUT2D eigenvalue weighted by atomic mass is 10.1. The van der Waals surface area contributed by atoms with Crippen LogP contribution in [0.5, 0.6) is 0 Å². The first-order valence-electron chi connectivity index (χ1n) is 5.39. The maximum absolute atomic E-state index is 11.3. The van der Waals surface area contributed by atoms with Gasteiger partial charge in [-0.15, -0.1) is 11.3 Å². The van der Waals surface area contributed by atoms with Gasteiger partial charge in [0.15, 0.2) is 0 Å². The van der Waals surface area contributed by atoms with Gasteiger partial charge in [0.05, 0.1) is 0 Å². The summed E-state index contributed by atoms with van der Waals surface area (Å²) < 4.78 is 0. The highest BCUT2D eigenvalue weighted by molar-refractivity contribution is 7.09. The fourth-order valence-electron chi connectivity index (χ4n) is 2.61. The molecule has 1 N–H and O–H groups in total. The van der Waals surface area contributed by atoms with Crippen LogP contribution in [-0.4, -0.2) is 29.4 Å². The zero-order chi connectivity index (χ0) is 10.3. The molecular weight excluding hydrogens is 208 g/mol. The molecule has 2 fully saturated rings. The Balaban J connectivity index is 1.70. The summed E-state index contributed by atoms with van der Waals surface area (Å²) in [7, 11) is 0. The molecule has 2 unspecified atom stereocenters. The number of carbonyl (C=O) groups excluding carboxylic acids is 1. The molecule has 1 aromatic rings. The second-order valence-electron chi connectivity index (χ2n) is 4.28. The van der Waals surface area contributed by atoms with Gasteiger partial charge >= 0.3 is 0 Å². The average molecular weight is 222 g/mol. The monoisotopic (exact) mass is 222 g/mol. The molecule has 1 amide bonds. The van der Waals surface area contributed by atoms with E-state index in [1.54, 1.807) is 11.3 Å². The fraction of sp³-hybridized carbons (Fsp3) is 0.545. The largest absolute Gasteiger partial charge is 0.352 e. The third-order valence-electron chi connectivity index (χ3n) is 3.34. The Morgan fingerprint density at radius 3 is 3.33 bits per heavy atom. The third kappa shape index (κ3) is 1.68. The number of carbonyl (C=O) groups is 1. The Morgan fingerprint density at radius 2 is 2.53 bits per heavy atom. The molecule has 0 aliphatic carbocycles. The standard InChI is InChI=1S/C11H14N2OS/c14-11-6-10-9(12-11)3-4-13(10)7-8-2-1-5-15-8/h1-2,5,9-10H,3-4,6-7H2,(H,12,14). The maximum atomic E-state index is 11.3. The molecule has 1 aromatic heterocycles. The predicted octanol–water partition coefficient (Wildman–Crippen LogP) is 1.21. The molecule has 0 aromatic carbocycles. The van der Waals surface area contributed by atoms with E-state index in [9.17, 15) is 4.79 Å². The number of amides is 1. The van der Waals surface area contributed by atoms with E-state index < -0.39 is 0 Å². The number of hydrogen-bond donors (Lipinski definition) is 1. The van der Waals surface area contributed by atoms with Gasteiger partial charge < -0.3 is 5.32 Å². The zero-order valence-electron chi connectivity index (χ0n) is 8.48. The number of thiophene rings is 1. The topological polar surface area (TPSA) is 32.3 Å². The van der Waals surface area contributed by atoms with Gasteiger partial charge in [0.1, 0.15) is 0 Å². The van der Waals surface area contributed by atoms with E-state index in [2.05, 4.69) is 27.7 Å². The average Bonchev–Trinajstić information content (AvgIpc) is 2.85. The Kier molecular flexibility index (Phi) is 2.25. The van der Waals surface area contributed by atoms with Crippen LogP contribution >= 0.6 is 11.3 Å². The summed E-state index contributed by atoms with van der Waals surface area (Å²) in [5.74, 6) is 0.223. The van der Waals surface area contributed by atoms with E-state index in [0.717, 1.165) is 19.5 Å². The van der Waals surface area contributed by atoms with Crippen LogP contribution in [0.1, 0.15) is 17.7 Å². The van der Waals surface area contributed by atoms with E-state index >= 15 is 0 Å². The van der Waals surface area contributed by atoms with Crippen molar-refractivity contribution in [3.05, 3.63) is 22.4 Å². The van der Waals surface area contributed by atoms with Crippen LogP contribution < -0.4 is 5.32 Å². The first-order chi connectivity index (χ1) is 7.33. The van der Waals surface area contributed by atoms with E-state index in [4.69, 9.17) is 0 Å². The van der Waals surface area contributed by atoms with Crippen molar-refractivity contribution in [3.63, 3.8) is 0 Å². The molecule has 2 atom stereocenters. The minimum atomic E-state index is 0.223. The molecule has 3 heterocycles. The second kappa shape index (κ2) is 3.61. The summed E-state index contributed by atoms with van der Waals surface area (Å²) in [5, 5.41) is 5.16. The van der Waals surface area contributed by atoms with Crippen LogP contribution in [0.15, 0.2) is 17.5 Å². The first kappa shape index (κ1) is 9.36. The SMILES string of the molecule is O=C1CC2C(CCN2Cc2cccs2)N1. The molecule has 3 nitrogen and oxygen atoms in total. The number of likely N-dealkylation sites (tertiary alicyclic amines) is 1. The summed E-state index contributed by atoms with van der Waals surface area (Å²) >= 11 is 1.80. The molecule has 0 radical (unpaired) electrons. The Hall–Kier alpha value is -0.870. The number of nitrogens with zero attached hydrogens (tertiary/aromatic N) is 1. The molecule has 3 rings (SSSR count). The van der Waals surface area contributed by atoms with Crippen LogP contribution in [0, 0.1) is 0 Å². The number of rotatable bonds is 2. The minimum Gasteiger partial charge on any atom is -0.352 e. The van der Waals surface area contributed by atoms with Crippen molar-refractivity contribution in [1.29, 1.82) is 0 Å². The number of nitrogens with one attached hydrogen (secondary N) is 1.